The third-order valence-electron chi connectivity index (χ3n) is 4.88. The number of methoxy groups -OCH3 is 3. The predicted molar refractivity (Wildman–Crippen MR) is 136 cm³/mol. The first-order valence-electron chi connectivity index (χ1n) is 10.4. The molecule has 0 saturated heterocycles. The van der Waals surface area contributed by atoms with Gasteiger partial charge in [-0.3, -0.25) is 0 Å². The van der Waals surface area contributed by atoms with Gasteiger partial charge in [0.25, 0.3) is 0 Å². The molecule has 12 heteroatoms. The van der Waals surface area contributed by atoms with Crippen molar-refractivity contribution in [3.8, 4) is 17.2 Å². The Bertz CT molecular complexity index is 1310. The van der Waals surface area contributed by atoms with Crippen molar-refractivity contribution < 1.29 is 22.6 Å². The zero-order valence-corrected chi connectivity index (χ0v) is 21.4. The number of hydrogen-bond acceptors (Lipinski definition) is 10. The maximum atomic E-state index is 12.7. The standard InChI is InChI=1S/C23H26ClN5O5S/c1-14(2)35(30,31)20-9-7-6-8-17(20)27-22-16(24)13-25-23(28-22)29-26-12-15-10-18(32-3)21(34-5)19(11-15)33-4/h6-14H,1-5H3,(H2,25,27,28,29)/b26-12+. The summed E-state index contributed by atoms with van der Waals surface area (Å²) in [6, 6.07) is 10.0. The van der Waals surface area contributed by atoms with Crippen molar-refractivity contribution in [1.82, 2.24) is 9.97 Å². The van der Waals surface area contributed by atoms with Crippen LogP contribution in [-0.2, 0) is 9.84 Å². The van der Waals surface area contributed by atoms with Crippen molar-refractivity contribution in [2.45, 2.75) is 24.0 Å². The van der Waals surface area contributed by atoms with Gasteiger partial charge in [-0.25, -0.2) is 18.8 Å². The number of rotatable bonds is 10. The van der Waals surface area contributed by atoms with Crippen LogP contribution < -0.4 is 25.0 Å². The monoisotopic (exact) mass is 519 g/mol. The lowest BCUT2D eigenvalue weighted by Gasteiger charge is -2.15. The number of anilines is 3. The number of nitrogens with zero attached hydrogens (tertiary/aromatic N) is 3. The lowest BCUT2D eigenvalue weighted by atomic mass is 10.2. The Hall–Kier alpha value is -3.57. The summed E-state index contributed by atoms with van der Waals surface area (Å²) in [7, 11) is 1.04. The first-order chi connectivity index (χ1) is 16.7. The molecular weight excluding hydrogens is 494 g/mol. The van der Waals surface area contributed by atoms with Crippen LogP contribution in [0.5, 0.6) is 17.2 Å². The Balaban J connectivity index is 1.84. The van der Waals surface area contributed by atoms with Gasteiger partial charge >= 0.3 is 0 Å². The summed E-state index contributed by atoms with van der Waals surface area (Å²) in [5.41, 5.74) is 3.76. The van der Waals surface area contributed by atoms with Gasteiger partial charge in [0.1, 0.15) is 5.02 Å². The number of hydrazone groups is 1. The fraction of sp³-hybridized carbons (Fsp3) is 0.261. The molecule has 0 radical (unpaired) electrons. The van der Waals surface area contributed by atoms with E-state index in [1.807, 2.05) is 0 Å². The Kier molecular flexibility index (Phi) is 8.36. The minimum atomic E-state index is -3.53. The number of halogens is 1. The highest BCUT2D eigenvalue weighted by atomic mass is 35.5. The van der Waals surface area contributed by atoms with Gasteiger partial charge in [0.05, 0.1) is 49.6 Å². The van der Waals surface area contributed by atoms with Gasteiger partial charge in [-0.1, -0.05) is 23.7 Å². The van der Waals surface area contributed by atoms with Crippen molar-refractivity contribution in [3.05, 3.63) is 53.2 Å². The number of ether oxygens (including phenoxy) is 3. The molecule has 35 heavy (non-hydrogen) atoms. The Labute approximate surface area is 209 Å². The molecule has 0 bridgehead atoms. The molecule has 2 aromatic carbocycles. The molecule has 1 aromatic heterocycles. The van der Waals surface area contributed by atoms with Gasteiger partial charge in [-0.15, -0.1) is 0 Å². The molecule has 0 aliphatic rings. The summed E-state index contributed by atoms with van der Waals surface area (Å²) >= 11 is 6.26. The van der Waals surface area contributed by atoms with E-state index in [2.05, 4.69) is 25.8 Å². The SMILES string of the molecule is COc1cc(/C=N/Nc2ncc(Cl)c(Nc3ccccc3S(=O)(=O)C(C)C)n2)cc(OC)c1OC. The van der Waals surface area contributed by atoms with E-state index in [9.17, 15) is 8.42 Å². The van der Waals surface area contributed by atoms with Crippen molar-refractivity contribution in [1.29, 1.82) is 0 Å². The van der Waals surface area contributed by atoms with Gasteiger partial charge in [-0.05, 0) is 38.1 Å². The highest BCUT2D eigenvalue weighted by molar-refractivity contribution is 7.92. The van der Waals surface area contributed by atoms with Gasteiger partial charge in [0, 0.05) is 5.56 Å². The number of hydrogen-bond donors (Lipinski definition) is 2. The van der Waals surface area contributed by atoms with Crippen LogP contribution in [0.1, 0.15) is 19.4 Å². The average molecular weight is 520 g/mol. The molecule has 0 amide bonds. The molecule has 3 rings (SSSR count). The summed E-state index contributed by atoms with van der Waals surface area (Å²) in [5, 5.41) is 6.77. The average Bonchev–Trinajstić information content (AvgIpc) is 2.85. The lowest BCUT2D eigenvalue weighted by molar-refractivity contribution is 0.324. The van der Waals surface area contributed by atoms with Gasteiger partial charge in [-0.2, -0.15) is 10.1 Å². The normalized spacial score (nSPS) is 11.5. The molecule has 3 aromatic rings. The van der Waals surface area contributed by atoms with E-state index in [-0.39, 0.29) is 21.7 Å². The number of sulfone groups is 1. The second-order valence-corrected chi connectivity index (χ2v) is 10.3. The fourth-order valence-corrected chi connectivity index (χ4v) is 4.39. The van der Waals surface area contributed by atoms with E-state index in [4.69, 9.17) is 25.8 Å². The second kappa shape index (κ2) is 11.2. The van der Waals surface area contributed by atoms with Crippen molar-refractivity contribution in [3.63, 3.8) is 0 Å². The highest BCUT2D eigenvalue weighted by Gasteiger charge is 2.23. The van der Waals surface area contributed by atoms with Crippen molar-refractivity contribution >= 4 is 45.1 Å². The van der Waals surface area contributed by atoms with Gasteiger partial charge in [0.2, 0.25) is 11.7 Å². The maximum Gasteiger partial charge on any atom is 0.245 e. The zero-order valence-electron chi connectivity index (χ0n) is 19.9. The molecule has 0 atom stereocenters. The molecule has 0 unspecified atom stereocenters. The van der Waals surface area contributed by atoms with Gasteiger partial charge in [0.15, 0.2) is 27.2 Å². The Morgan fingerprint density at radius 3 is 2.31 bits per heavy atom. The first kappa shape index (κ1) is 26.0. The number of benzene rings is 2. The highest BCUT2D eigenvalue weighted by Crippen LogP contribution is 2.37. The number of aromatic nitrogens is 2. The van der Waals surface area contributed by atoms with E-state index in [1.54, 1.807) is 44.2 Å². The van der Waals surface area contributed by atoms with Crippen molar-refractivity contribution in [2.75, 3.05) is 32.1 Å². The van der Waals surface area contributed by atoms with Crippen LogP contribution in [-0.4, -0.2) is 51.2 Å². The van der Waals surface area contributed by atoms with E-state index < -0.39 is 15.1 Å². The van der Waals surface area contributed by atoms with E-state index in [1.165, 1.54) is 39.8 Å². The van der Waals surface area contributed by atoms with Crippen molar-refractivity contribution in [2.24, 2.45) is 5.10 Å². The van der Waals surface area contributed by atoms with Crippen LogP contribution in [0.3, 0.4) is 0 Å². The molecule has 2 N–H and O–H groups in total. The maximum absolute atomic E-state index is 12.7. The molecule has 1 heterocycles. The number of para-hydroxylation sites is 1. The zero-order chi connectivity index (χ0) is 25.6. The fourth-order valence-electron chi connectivity index (χ4n) is 3.05. The quantitative estimate of drug-likeness (QED) is 0.293. The molecule has 0 fully saturated rings. The second-order valence-electron chi connectivity index (χ2n) is 7.43. The molecule has 10 nitrogen and oxygen atoms in total. The molecule has 0 spiro atoms. The molecular formula is C23H26ClN5O5S. The van der Waals surface area contributed by atoms with Crippen LogP contribution in [0.4, 0.5) is 17.5 Å². The van der Waals surface area contributed by atoms with Crippen LogP contribution in [0, 0.1) is 0 Å². The molecule has 0 saturated carbocycles. The van der Waals surface area contributed by atoms with Crippen LogP contribution in [0.15, 0.2) is 52.6 Å². The van der Waals surface area contributed by atoms with E-state index >= 15 is 0 Å². The van der Waals surface area contributed by atoms with Crippen LogP contribution in [0.2, 0.25) is 5.02 Å². The third-order valence-corrected chi connectivity index (χ3v) is 7.36. The van der Waals surface area contributed by atoms with Crippen LogP contribution >= 0.6 is 11.6 Å². The smallest absolute Gasteiger partial charge is 0.245 e. The predicted octanol–water partition coefficient (Wildman–Crippen LogP) is 4.53. The van der Waals surface area contributed by atoms with E-state index in [0.717, 1.165) is 0 Å². The summed E-state index contributed by atoms with van der Waals surface area (Å²) in [6.07, 6.45) is 2.91. The topological polar surface area (TPSA) is 124 Å². The van der Waals surface area contributed by atoms with Gasteiger partial charge < -0.3 is 19.5 Å². The summed E-state index contributed by atoms with van der Waals surface area (Å²) < 4.78 is 41.5. The first-order valence-corrected chi connectivity index (χ1v) is 12.3. The number of nitrogens with one attached hydrogen (secondary N) is 2. The lowest BCUT2D eigenvalue weighted by Crippen LogP contribution is -2.15. The molecule has 186 valence electrons. The summed E-state index contributed by atoms with van der Waals surface area (Å²) in [4.78, 5) is 8.58. The Morgan fingerprint density at radius 1 is 1.06 bits per heavy atom. The largest absolute Gasteiger partial charge is 0.493 e. The Morgan fingerprint density at radius 2 is 1.71 bits per heavy atom. The third kappa shape index (κ3) is 5.92. The minimum Gasteiger partial charge on any atom is -0.493 e. The minimum absolute atomic E-state index is 0.143. The molecule has 0 aliphatic heterocycles. The molecule has 0 aliphatic carbocycles. The van der Waals surface area contributed by atoms with Crippen LogP contribution in [0.25, 0.3) is 0 Å². The summed E-state index contributed by atoms with van der Waals surface area (Å²) in [6.45, 7) is 3.25. The summed E-state index contributed by atoms with van der Waals surface area (Å²) in [5.74, 6) is 1.80. The van der Waals surface area contributed by atoms with E-state index in [0.29, 0.717) is 28.5 Å².